The average molecular weight is 879 g/mol. The van der Waals surface area contributed by atoms with E-state index in [0.717, 1.165) is 8.95 Å². The molecule has 4 aromatic carbocycles. The van der Waals surface area contributed by atoms with E-state index >= 15 is 0 Å². The van der Waals surface area contributed by atoms with Crippen molar-refractivity contribution >= 4 is 78.9 Å². The highest BCUT2D eigenvalue weighted by molar-refractivity contribution is 9.10. The smallest absolute Gasteiger partial charge is 0.314 e. The molecule has 2 fully saturated rings. The minimum absolute atomic E-state index is 0. The second-order valence-corrected chi connectivity index (χ2v) is 15.3. The van der Waals surface area contributed by atoms with Gasteiger partial charge in [0.1, 0.15) is 23.0 Å². The number of hydrogen-bond acceptors (Lipinski definition) is 8. The summed E-state index contributed by atoms with van der Waals surface area (Å²) in [5.41, 5.74) is 0. The van der Waals surface area contributed by atoms with Crippen LogP contribution >= 0.6 is 55.1 Å². The summed E-state index contributed by atoms with van der Waals surface area (Å²) in [5, 5.41) is 1.18. The molecule has 0 aromatic heterocycles. The number of ether oxygens (including phenoxy) is 4. The molecule has 0 unspecified atom stereocenters. The van der Waals surface area contributed by atoms with Crippen molar-refractivity contribution in [2.24, 2.45) is 23.7 Å². The number of rotatable bonds is 8. The normalized spacial score (nSPS) is 19.6. The topological polar surface area (TPSA) is 105 Å². The Morgan fingerprint density at radius 3 is 0.808 bits per heavy atom. The fourth-order valence-corrected chi connectivity index (χ4v) is 6.72. The van der Waals surface area contributed by atoms with Gasteiger partial charge < -0.3 is 18.9 Å². The quantitative estimate of drug-likeness (QED) is 0.127. The molecular formula is C40H40Br2Cl2O8. The molecule has 52 heavy (non-hydrogen) atoms. The molecule has 0 aliphatic heterocycles. The second-order valence-electron chi connectivity index (χ2n) is 12.6. The van der Waals surface area contributed by atoms with Crippen molar-refractivity contribution in [3.63, 3.8) is 0 Å². The van der Waals surface area contributed by atoms with Crippen LogP contribution in [0.3, 0.4) is 0 Å². The summed E-state index contributed by atoms with van der Waals surface area (Å²) in [7, 11) is 0. The van der Waals surface area contributed by atoms with Crippen LogP contribution in [0.1, 0.15) is 54.2 Å². The SMILES string of the molecule is O=C(Oc1ccc(Br)cc1)C1CCC(C(=O)Oc2ccc(Br)cc2)CC1.O=C(Oc1ccc(Cl)cc1)C1CCC(C(=O)Oc2ccc(Cl)cc2)CC1.[HH].[HH]. The Kier molecular flexibility index (Phi) is 14.7. The maximum atomic E-state index is 12.3. The fraction of sp³-hybridized carbons (Fsp3) is 0.300. The van der Waals surface area contributed by atoms with Gasteiger partial charge in [0.25, 0.3) is 0 Å². The first-order valence-corrected chi connectivity index (χ1v) is 19.3. The minimum atomic E-state index is -0.267. The molecule has 0 saturated heterocycles. The van der Waals surface area contributed by atoms with Gasteiger partial charge in [-0.05, 0) is 148 Å². The van der Waals surface area contributed by atoms with Crippen LogP contribution in [0.5, 0.6) is 23.0 Å². The van der Waals surface area contributed by atoms with Gasteiger partial charge >= 0.3 is 23.9 Å². The summed E-state index contributed by atoms with van der Waals surface area (Å²) in [6.45, 7) is 0. The van der Waals surface area contributed by atoms with Gasteiger partial charge in [0.2, 0.25) is 0 Å². The van der Waals surface area contributed by atoms with Crippen LogP contribution in [0.15, 0.2) is 106 Å². The molecule has 0 atom stereocenters. The van der Waals surface area contributed by atoms with Crippen LogP contribution < -0.4 is 18.9 Å². The predicted octanol–water partition coefficient (Wildman–Crippen LogP) is 11.3. The number of esters is 4. The van der Waals surface area contributed by atoms with Gasteiger partial charge in [0.15, 0.2) is 0 Å². The van der Waals surface area contributed by atoms with Crippen LogP contribution in [-0.2, 0) is 19.2 Å². The maximum absolute atomic E-state index is 12.3. The van der Waals surface area contributed by atoms with Crippen molar-refractivity contribution in [2.45, 2.75) is 51.4 Å². The summed E-state index contributed by atoms with van der Waals surface area (Å²) in [5.74, 6) is 0.284. The summed E-state index contributed by atoms with van der Waals surface area (Å²) in [4.78, 5) is 49.1. The maximum Gasteiger partial charge on any atom is 0.314 e. The number of hydrogen-bond donors (Lipinski definition) is 0. The molecule has 2 aliphatic carbocycles. The van der Waals surface area contributed by atoms with Crippen LogP contribution in [0.4, 0.5) is 0 Å². The first kappa shape index (κ1) is 39.5. The number of carbonyl (C=O) groups is 4. The number of carbonyl (C=O) groups excluding carboxylic acids is 4. The lowest BCUT2D eigenvalue weighted by molar-refractivity contribution is -0.145. The Labute approximate surface area is 332 Å². The highest BCUT2D eigenvalue weighted by atomic mass is 79.9. The molecule has 0 N–H and O–H groups in total. The van der Waals surface area contributed by atoms with Gasteiger partial charge in [-0.3, -0.25) is 19.2 Å². The average Bonchev–Trinajstić information content (AvgIpc) is 3.15. The molecule has 0 bridgehead atoms. The predicted molar refractivity (Wildman–Crippen MR) is 209 cm³/mol. The summed E-state index contributed by atoms with van der Waals surface area (Å²) >= 11 is 18.3. The van der Waals surface area contributed by atoms with Crippen molar-refractivity contribution in [2.75, 3.05) is 0 Å². The van der Waals surface area contributed by atoms with Crippen LogP contribution in [-0.4, -0.2) is 23.9 Å². The second kappa shape index (κ2) is 19.4. The lowest BCUT2D eigenvalue weighted by atomic mass is 9.82. The van der Waals surface area contributed by atoms with E-state index in [9.17, 15) is 19.2 Å². The van der Waals surface area contributed by atoms with E-state index < -0.39 is 0 Å². The lowest BCUT2D eigenvalue weighted by Gasteiger charge is -2.25. The molecule has 0 radical (unpaired) electrons. The molecule has 2 saturated carbocycles. The molecule has 6 rings (SSSR count). The molecule has 4 aromatic rings. The van der Waals surface area contributed by atoms with Gasteiger partial charge in [0.05, 0.1) is 23.7 Å². The van der Waals surface area contributed by atoms with Crippen molar-refractivity contribution in [3.8, 4) is 23.0 Å². The van der Waals surface area contributed by atoms with Crippen LogP contribution in [0, 0.1) is 23.7 Å². The zero-order valence-electron chi connectivity index (χ0n) is 28.0. The van der Waals surface area contributed by atoms with E-state index in [1.54, 1.807) is 72.8 Å². The largest absolute Gasteiger partial charge is 0.426 e. The van der Waals surface area contributed by atoms with E-state index in [1.807, 2.05) is 24.3 Å². The van der Waals surface area contributed by atoms with Crippen LogP contribution in [0.2, 0.25) is 10.0 Å². The third-order valence-corrected chi connectivity index (χ3v) is 10.5. The van der Waals surface area contributed by atoms with Gasteiger partial charge in [-0.25, -0.2) is 0 Å². The Balaban J connectivity index is 0.000000280. The third-order valence-electron chi connectivity index (χ3n) is 8.92. The monoisotopic (exact) mass is 876 g/mol. The Morgan fingerprint density at radius 1 is 0.404 bits per heavy atom. The first-order valence-electron chi connectivity index (χ1n) is 16.9. The van der Waals surface area contributed by atoms with E-state index in [1.165, 1.54) is 0 Å². The zero-order chi connectivity index (χ0) is 37.0. The molecule has 2 aliphatic rings. The molecule has 0 amide bonds. The third kappa shape index (κ3) is 12.2. The zero-order valence-corrected chi connectivity index (χ0v) is 32.7. The van der Waals surface area contributed by atoms with Crippen LogP contribution in [0.25, 0.3) is 0 Å². The highest BCUT2D eigenvalue weighted by Crippen LogP contribution is 2.33. The van der Waals surface area contributed by atoms with Crippen molar-refractivity contribution in [3.05, 3.63) is 116 Å². The minimum Gasteiger partial charge on any atom is -0.426 e. The molecule has 8 nitrogen and oxygen atoms in total. The van der Waals surface area contributed by atoms with Gasteiger partial charge in [-0.2, -0.15) is 0 Å². The summed E-state index contributed by atoms with van der Waals surface area (Å²) in [6.07, 6.45) is 4.95. The molecule has 12 heteroatoms. The Morgan fingerprint density at radius 2 is 0.596 bits per heavy atom. The van der Waals surface area contributed by atoms with Crippen molar-refractivity contribution in [1.29, 1.82) is 0 Å². The lowest BCUT2D eigenvalue weighted by Crippen LogP contribution is -2.30. The fourth-order valence-electron chi connectivity index (χ4n) is 5.94. The van der Waals surface area contributed by atoms with Gasteiger partial charge in [0, 0.05) is 21.8 Å². The number of benzene rings is 4. The number of halogens is 4. The first-order chi connectivity index (χ1) is 25.0. The van der Waals surface area contributed by atoms with Gasteiger partial charge in [-0.1, -0.05) is 55.1 Å². The van der Waals surface area contributed by atoms with Gasteiger partial charge in [-0.15, -0.1) is 0 Å². The van der Waals surface area contributed by atoms with Crippen molar-refractivity contribution in [1.82, 2.24) is 0 Å². The summed E-state index contributed by atoms with van der Waals surface area (Å²) < 4.78 is 23.5. The molecule has 0 heterocycles. The molecule has 0 spiro atoms. The van der Waals surface area contributed by atoms with E-state index in [4.69, 9.17) is 42.1 Å². The van der Waals surface area contributed by atoms with E-state index in [-0.39, 0.29) is 50.4 Å². The highest BCUT2D eigenvalue weighted by Gasteiger charge is 2.33. The summed E-state index contributed by atoms with van der Waals surface area (Å²) in [6, 6.07) is 27.7. The molecule has 276 valence electrons. The Hall–Kier alpha value is -3.70. The van der Waals surface area contributed by atoms with Crippen molar-refractivity contribution < 1.29 is 41.0 Å². The standard InChI is InChI=1S/C20H18Br2O4.C20H18Cl2O4.2H2/c2*21-15-5-9-17(10-6-15)25-19(23)13-1-2-14(4-3-13)20(24)26-18-11-7-16(22)8-12-18;;/h2*5-14H,1-4H2;2*1H. The Bertz CT molecular complexity index is 1540. The van der Waals surface area contributed by atoms with E-state index in [0.29, 0.717) is 84.4 Å². The molecular weight excluding hydrogens is 839 g/mol. The van der Waals surface area contributed by atoms with E-state index in [2.05, 4.69) is 31.9 Å².